The fraction of sp³-hybridized carbons (Fsp3) is 0.647. The third-order valence-corrected chi connectivity index (χ3v) is 9.77. The minimum absolute atomic E-state index is 0.405. The third-order valence-electron chi connectivity index (χ3n) is 8.69. The molecule has 0 amide bonds. The Balaban J connectivity index is 2.03. The summed E-state index contributed by atoms with van der Waals surface area (Å²) < 4.78 is 18.9. The number of anilines is 1. The Kier molecular flexibility index (Phi) is 17.9. The molecule has 0 bridgehead atoms. The molecule has 0 atom stereocenters. The van der Waals surface area contributed by atoms with E-state index >= 15 is 0 Å². The van der Waals surface area contributed by atoms with Crippen LogP contribution in [-0.2, 0) is 14.2 Å². The Morgan fingerprint density at radius 2 is 1.38 bits per heavy atom. The maximum Gasteiger partial charge on any atom is 0.158 e. The van der Waals surface area contributed by atoms with Crippen molar-refractivity contribution in [3.05, 3.63) is 39.8 Å². The zero-order chi connectivity index (χ0) is 33.1. The lowest BCUT2D eigenvalue weighted by molar-refractivity contribution is -0.923. The summed E-state index contributed by atoms with van der Waals surface area (Å²) in [7, 11) is 0. The first kappa shape index (κ1) is 38.3. The van der Waals surface area contributed by atoms with E-state index < -0.39 is 0 Å². The van der Waals surface area contributed by atoms with Crippen molar-refractivity contribution in [3.8, 4) is 12.1 Å². The molecule has 1 aromatic heterocycles. The quantitative estimate of drug-likeness (QED) is 0.0766. The Morgan fingerprint density at radius 1 is 0.778 bits per heavy atom. The largest absolute Gasteiger partial charge is 0.378 e. The van der Waals surface area contributed by atoms with Gasteiger partial charge in [0.1, 0.15) is 23.6 Å². The molecule has 0 fully saturated rings. The zero-order valence-electron chi connectivity index (χ0n) is 28.6. The number of quaternary nitrogens is 1. The van der Waals surface area contributed by atoms with Crippen LogP contribution in [0.1, 0.15) is 56.2 Å². The first-order chi connectivity index (χ1) is 21.8. The van der Waals surface area contributed by atoms with Crippen molar-refractivity contribution in [2.45, 2.75) is 48.5 Å². The maximum atomic E-state index is 9.53. The lowest BCUT2D eigenvalue weighted by Gasteiger charge is -2.35. The Hall–Kier alpha value is -2.90. The van der Waals surface area contributed by atoms with E-state index in [2.05, 4.69) is 72.9 Å². The number of hydrogen-bond acceptors (Lipinski definition) is 10. The second kappa shape index (κ2) is 21.0. The monoisotopic (exact) mass is 640 g/mol. The van der Waals surface area contributed by atoms with Crippen molar-refractivity contribution in [1.29, 1.82) is 10.5 Å². The number of nitrogens with zero attached hydrogens (tertiary/aromatic N) is 7. The number of azo groups is 1. The van der Waals surface area contributed by atoms with Crippen LogP contribution in [0.3, 0.4) is 0 Å². The van der Waals surface area contributed by atoms with Gasteiger partial charge in [-0.15, -0.1) is 21.6 Å². The molecule has 0 saturated carbocycles. The number of thiophene rings is 1. The Labute approximate surface area is 275 Å². The van der Waals surface area contributed by atoms with Gasteiger partial charge in [-0.1, -0.05) is 13.8 Å². The van der Waals surface area contributed by atoms with Crippen molar-refractivity contribution in [2.75, 3.05) is 103 Å². The minimum Gasteiger partial charge on any atom is -0.378 e. The van der Waals surface area contributed by atoms with Crippen LogP contribution >= 0.6 is 11.3 Å². The predicted molar refractivity (Wildman–Crippen MR) is 183 cm³/mol. The molecular formula is C34H54N7O3S+. The molecule has 10 nitrogen and oxygen atoms in total. The van der Waals surface area contributed by atoms with E-state index in [0.717, 1.165) is 87.9 Å². The average Bonchev–Trinajstić information content (AvgIpc) is 3.38. The number of rotatable bonds is 23. The molecule has 45 heavy (non-hydrogen) atoms. The topological polar surface area (TPSA) is 106 Å². The normalized spacial score (nSPS) is 11.8. The molecule has 0 unspecified atom stereocenters. The van der Waals surface area contributed by atoms with Crippen molar-refractivity contribution in [2.24, 2.45) is 10.2 Å². The van der Waals surface area contributed by atoms with Gasteiger partial charge in [-0.05, 0) is 77.0 Å². The van der Waals surface area contributed by atoms with E-state index in [1.807, 2.05) is 19.1 Å². The van der Waals surface area contributed by atoms with Crippen LogP contribution in [0.2, 0.25) is 0 Å². The highest BCUT2D eigenvalue weighted by atomic mass is 32.1. The van der Waals surface area contributed by atoms with Crippen molar-refractivity contribution in [3.63, 3.8) is 0 Å². The molecule has 0 spiro atoms. The van der Waals surface area contributed by atoms with Gasteiger partial charge in [0, 0.05) is 25.3 Å². The van der Waals surface area contributed by atoms with Gasteiger partial charge in [-0.3, -0.25) is 0 Å². The van der Waals surface area contributed by atoms with E-state index in [-0.39, 0.29) is 0 Å². The number of hydrogen-bond donors (Lipinski definition) is 0. The molecule has 248 valence electrons. The molecule has 2 aromatic rings. The highest BCUT2D eigenvalue weighted by Crippen LogP contribution is 2.36. The lowest BCUT2D eigenvalue weighted by atomic mass is 10.1. The number of aryl methyl sites for hydroxylation is 1. The molecule has 1 heterocycles. The van der Waals surface area contributed by atoms with Crippen molar-refractivity contribution in [1.82, 2.24) is 4.90 Å². The molecule has 0 radical (unpaired) electrons. The summed E-state index contributed by atoms with van der Waals surface area (Å²) in [6, 6.07) is 10.4. The Bertz CT molecular complexity index is 1250. The summed E-state index contributed by atoms with van der Waals surface area (Å²) in [5.74, 6) is 0. The fourth-order valence-corrected chi connectivity index (χ4v) is 6.01. The molecular weight excluding hydrogens is 586 g/mol. The second-order valence-corrected chi connectivity index (χ2v) is 12.0. The lowest BCUT2D eigenvalue weighted by Crippen LogP contribution is -2.49. The second-order valence-electron chi connectivity index (χ2n) is 11.0. The van der Waals surface area contributed by atoms with Gasteiger partial charge in [0.2, 0.25) is 0 Å². The number of likely N-dealkylation sites (N-methyl/N-ethyl adjacent to an activating group) is 2. The first-order valence-corrected chi connectivity index (χ1v) is 17.1. The predicted octanol–water partition coefficient (Wildman–Crippen LogP) is 6.60. The van der Waals surface area contributed by atoms with Crippen LogP contribution < -0.4 is 4.90 Å². The van der Waals surface area contributed by atoms with Crippen molar-refractivity contribution >= 4 is 27.7 Å². The molecule has 0 aliphatic rings. The Morgan fingerprint density at radius 3 is 1.91 bits per heavy atom. The number of nitriles is 2. The van der Waals surface area contributed by atoms with Crippen LogP contribution in [0.25, 0.3) is 0 Å². The zero-order valence-corrected chi connectivity index (χ0v) is 29.4. The summed E-state index contributed by atoms with van der Waals surface area (Å²) in [4.78, 5) is 5.12. The highest BCUT2D eigenvalue weighted by molar-refractivity contribution is 7.16. The van der Waals surface area contributed by atoms with Crippen molar-refractivity contribution < 1.29 is 18.7 Å². The van der Waals surface area contributed by atoms with E-state index in [9.17, 15) is 10.5 Å². The van der Waals surface area contributed by atoms with E-state index in [1.165, 1.54) is 11.3 Å². The van der Waals surface area contributed by atoms with Crippen LogP contribution in [0.5, 0.6) is 0 Å². The van der Waals surface area contributed by atoms with Gasteiger partial charge in [-0.2, -0.15) is 10.5 Å². The smallest absolute Gasteiger partial charge is 0.158 e. The van der Waals surface area contributed by atoms with Gasteiger partial charge in [0.05, 0.1) is 70.5 Å². The molecule has 1 aromatic carbocycles. The molecule has 11 heteroatoms. The molecule has 0 N–H and O–H groups in total. The standard InChI is InChI=1S/C34H54N7O3S/c1-8-39(9-2)15-19-43-23-24-44-21-17-40(16-20-42-22-18-41(10-3,11-4)12-5)30-13-14-32(28(6)25-30)37-38-34-31(26-35)29(7)33(27-36)45-34/h13-14,25H,8-12,15-24H2,1-7H3/q+1. The molecule has 0 saturated heterocycles. The van der Waals surface area contributed by atoms with Gasteiger partial charge in [0.25, 0.3) is 0 Å². The summed E-state index contributed by atoms with van der Waals surface area (Å²) in [6.07, 6.45) is 0. The first-order valence-electron chi connectivity index (χ1n) is 16.3. The van der Waals surface area contributed by atoms with Crippen LogP contribution in [0.4, 0.5) is 16.4 Å². The fourth-order valence-electron chi connectivity index (χ4n) is 5.14. The maximum absolute atomic E-state index is 9.53. The van der Waals surface area contributed by atoms with Crippen LogP contribution in [-0.4, -0.2) is 108 Å². The molecule has 0 aliphatic heterocycles. The van der Waals surface area contributed by atoms with Gasteiger partial charge >= 0.3 is 0 Å². The van der Waals surface area contributed by atoms with Gasteiger partial charge < -0.3 is 28.5 Å². The van der Waals surface area contributed by atoms with Gasteiger partial charge in [0.15, 0.2) is 5.00 Å². The van der Waals surface area contributed by atoms with Crippen LogP contribution in [0, 0.1) is 36.5 Å². The summed E-state index contributed by atoms with van der Waals surface area (Å²) in [5, 5.41) is 28.1. The van der Waals surface area contributed by atoms with Gasteiger partial charge in [-0.25, -0.2) is 0 Å². The third kappa shape index (κ3) is 12.1. The van der Waals surface area contributed by atoms with E-state index in [4.69, 9.17) is 14.2 Å². The number of benzene rings is 1. The summed E-state index contributed by atoms with van der Waals surface area (Å²) in [5.41, 5.74) is 3.80. The number of ether oxygens (including phenoxy) is 3. The summed E-state index contributed by atoms with van der Waals surface area (Å²) in [6.45, 7) is 27.5. The minimum atomic E-state index is 0.405. The highest BCUT2D eigenvalue weighted by Gasteiger charge is 2.20. The molecule has 0 aliphatic carbocycles. The van der Waals surface area contributed by atoms with E-state index in [0.29, 0.717) is 53.1 Å². The van der Waals surface area contributed by atoms with E-state index in [1.54, 1.807) is 6.92 Å². The molecule has 2 rings (SSSR count). The average molecular weight is 641 g/mol. The SMILES string of the molecule is CCN(CC)CCOCCOCCN(CCOCC[N+](CC)(CC)CC)c1ccc(N=Nc2sc(C#N)c(C)c2C#N)c(C)c1. The van der Waals surface area contributed by atoms with Crippen LogP contribution in [0.15, 0.2) is 28.4 Å². The summed E-state index contributed by atoms with van der Waals surface area (Å²) >= 11 is 1.19.